The Kier molecular flexibility index (Phi) is 4.30. The fourth-order valence-corrected chi connectivity index (χ4v) is 4.39. The van der Waals surface area contributed by atoms with Crippen molar-refractivity contribution in [2.75, 3.05) is 14.1 Å². The Morgan fingerprint density at radius 1 is 1.04 bits per heavy atom. The van der Waals surface area contributed by atoms with Crippen molar-refractivity contribution in [2.45, 2.75) is 12.5 Å². The first kappa shape index (κ1) is 16.6. The Labute approximate surface area is 161 Å². The average molecular weight is 414 g/mol. The molecule has 0 saturated heterocycles. The Balaban J connectivity index is 2.01. The maximum Gasteiger partial charge on any atom is 0.104 e. The van der Waals surface area contributed by atoms with Gasteiger partial charge in [-0.15, -0.1) is 0 Å². The van der Waals surface area contributed by atoms with Crippen LogP contribution in [0.5, 0.6) is 0 Å². The molecule has 1 aliphatic rings. The van der Waals surface area contributed by atoms with Crippen molar-refractivity contribution in [1.29, 1.82) is 0 Å². The summed E-state index contributed by atoms with van der Waals surface area (Å²) in [5.41, 5.74) is 3.57. The molecule has 1 aliphatic heterocycles. The molecule has 4 rings (SSSR count). The zero-order valence-corrected chi connectivity index (χ0v) is 16.5. The summed E-state index contributed by atoms with van der Waals surface area (Å²) in [6.45, 7) is 0. The molecule has 4 heteroatoms. The van der Waals surface area contributed by atoms with Gasteiger partial charge in [-0.25, -0.2) is 0 Å². The number of benzene rings is 3. The van der Waals surface area contributed by atoms with Gasteiger partial charge in [0.2, 0.25) is 0 Å². The first-order valence-electron chi connectivity index (χ1n) is 8.24. The summed E-state index contributed by atoms with van der Waals surface area (Å²) in [7, 11) is 4.09. The first-order chi connectivity index (χ1) is 12.1. The van der Waals surface area contributed by atoms with E-state index in [9.17, 15) is 0 Å². The fraction of sp³-hybridized carbons (Fsp3) is 0.190. The zero-order chi connectivity index (χ0) is 17.6. The van der Waals surface area contributed by atoms with Gasteiger partial charge >= 0.3 is 0 Å². The minimum Gasteiger partial charge on any atom is -0.366 e. The molecule has 0 radical (unpaired) electrons. The molecule has 126 valence electrons. The number of likely N-dealkylation sites (N-methyl/N-ethyl adjacent to an activating group) is 1. The van der Waals surface area contributed by atoms with Crippen LogP contribution in [-0.2, 0) is 6.42 Å². The normalized spacial score (nSPS) is 16.5. The number of fused-ring (bicyclic) bond motifs is 2. The molecular formula is C21H18BrClN2. The number of aliphatic imine (C=N–C) groups is 1. The molecule has 0 aromatic heterocycles. The van der Waals surface area contributed by atoms with E-state index in [1.807, 2.05) is 32.3 Å². The third-order valence-corrected chi connectivity index (χ3v) is 6.00. The number of nitrogens with zero attached hydrogens (tertiary/aromatic N) is 2. The Morgan fingerprint density at radius 2 is 1.76 bits per heavy atom. The molecule has 1 unspecified atom stereocenters. The summed E-state index contributed by atoms with van der Waals surface area (Å²) in [5, 5.41) is 3.21. The Bertz CT molecular complexity index is 994. The standard InChI is InChI=1S/C21H18BrClN2/c1-25(2)19-12-16-17(11-13-7-3-4-8-14(13)20(16)22)21(24-19)15-9-5-6-10-18(15)23/h3-11,21H,12H2,1-2H3. The van der Waals surface area contributed by atoms with Gasteiger partial charge in [0.25, 0.3) is 0 Å². The second kappa shape index (κ2) is 6.47. The third kappa shape index (κ3) is 2.86. The molecule has 0 amide bonds. The van der Waals surface area contributed by atoms with Crippen molar-refractivity contribution in [3.63, 3.8) is 0 Å². The monoisotopic (exact) mass is 412 g/mol. The second-order valence-electron chi connectivity index (χ2n) is 6.52. The van der Waals surface area contributed by atoms with E-state index in [1.54, 1.807) is 0 Å². The number of amidine groups is 1. The van der Waals surface area contributed by atoms with E-state index in [2.05, 4.69) is 57.2 Å². The van der Waals surface area contributed by atoms with E-state index in [1.165, 1.54) is 21.9 Å². The van der Waals surface area contributed by atoms with Crippen LogP contribution in [-0.4, -0.2) is 24.8 Å². The number of halogens is 2. The van der Waals surface area contributed by atoms with Crippen LogP contribution in [0.2, 0.25) is 5.02 Å². The molecule has 0 fully saturated rings. The molecule has 3 aromatic rings. The third-order valence-electron chi connectivity index (χ3n) is 4.75. The summed E-state index contributed by atoms with van der Waals surface area (Å²) in [5.74, 6) is 1.06. The molecule has 25 heavy (non-hydrogen) atoms. The van der Waals surface area contributed by atoms with E-state index in [0.717, 1.165) is 27.3 Å². The van der Waals surface area contributed by atoms with Crippen LogP contribution in [0.1, 0.15) is 22.7 Å². The lowest BCUT2D eigenvalue weighted by molar-refractivity contribution is 0.591. The predicted octanol–water partition coefficient (Wildman–Crippen LogP) is 5.86. The number of hydrogen-bond acceptors (Lipinski definition) is 2. The summed E-state index contributed by atoms with van der Waals surface area (Å²) < 4.78 is 1.16. The SMILES string of the molecule is CN(C)C1=NC(c2ccccc2Cl)c2cc3ccccc3c(Br)c2C1. The fourth-order valence-electron chi connectivity index (χ4n) is 3.42. The van der Waals surface area contributed by atoms with Gasteiger partial charge in [-0.3, -0.25) is 4.99 Å². The summed E-state index contributed by atoms with van der Waals surface area (Å²) in [6.07, 6.45) is 0.814. The van der Waals surface area contributed by atoms with Gasteiger partial charge in [-0.2, -0.15) is 0 Å². The van der Waals surface area contributed by atoms with Crippen LogP contribution in [0.4, 0.5) is 0 Å². The lowest BCUT2D eigenvalue weighted by Crippen LogP contribution is -2.29. The van der Waals surface area contributed by atoms with E-state index < -0.39 is 0 Å². The molecule has 1 heterocycles. The molecule has 0 saturated carbocycles. The van der Waals surface area contributed by atoms with E-state index in [-0.39, 0.29) is 6.04 Å². The van der Waals surface area contributed by atoms with Crippen molar-refractivity contribution in [1.82, 2.24) is 4.90 Å². The first-order valence-corrected chi connectivity index (χ1v) is 9.42. The summed E-state index contributed by atoms with van der Waals surface area (Å²) in [6, 6.07) is 18.6. The average Bonchev–Trinajstić information content (AvgIpc) is 2.62. The highest BCUT2D eigenvalue weighted by atomic mass is 79.9. The molecule has 0 spiro atoms. The molecule has 0 bridgehead atoms. The van der Waals surface area contributed by atoms with Crippen molar-refractivity contribution in [3.05, 3.63) is 80.8 Å². The van der Waals surface area contributed by atoms with Gasteiger partial charge < -0.3 is 4.90 Å². The van der Waals surface area contributed by atoms with Gasteiger partial charge in [-0.05, 0) is 55.5 Å². The van der Waals surface area contributed by atoms with E-state index >= 15 is 0 Å². The molecule has 2 nitrogen and oxygen atoms in total. The van der Waals surface area contributed by atoms with Gasteiger partial charge in [0.15, 0.2) is 0 Å². The van der Waals surface area contributed by atoms with E-state index in [4.69, 9.17) is 16.6 Å². The minimum atomic E-state index is -0.0873. The van der Waals surface area contributed by atoms with Crippen molar-refractivity contribution >= 4 is 44.1 Å². The lowest BCUT2D eigenvalue weighted by atomic mass is 9.88. The van der Waals surface area contributed by atoms with Crippen molar-refractivity contribution in [3.8, 4) is 0 Å². The number of hydrogen-bond donors (Lipinski definition) is 0. The maximum atomic E-state index is 6.51. The molecule has 3 aromatic carbocycles. The second-order valence-corrected chi connectivity index (χ2v) is 7.72. The smallest absolute Gasteiger partial charge is 0.104 e. The van der Waals surface area contributed by atoms with Gasteiger partial charge in [0.1, 0.15) is 11.9 Å². The highest BCUT2D eigenvalue weighted by molar-refractivity contribution is 9.10. The van der Waals surface area contributed by atoms with Crippen LogP contribution in [0.15, 0.2) is 64.1 Å². The van der Waals surface area contributed by atoms with Crippen LogP contribution >= 0.6 is 27.5 Å². The van der Waals surface area contributed by atoms with Crippen LogP contribution in [0.3, 0.4) is 0 Å². The van der Waals surface area contributed by atoms with E-state index in [0.29, 0.717) is 0 Å². The van der Waals surface area contributed by atoms with Gasteiger partial charge in [0, 0.05) is 30.0 Å². The van der Waals surface area contributed by atoms with Crippen LogP contribution < -0.4 is 0 Å². The van der Waals surface area contributed by atoms with Crippen molar-refractivity contribution < 1.29 is 0 Å². The maximum absolute atomic E-state index is 6.51. The van der Waals surface area contributed by atoms with Crippen molar-refractivity contribution in [2.24, 2.45) is 4.99 Å². The molecule has 1 atom stereocenters. The summed E-state index contributed by atoms with van der Waals surface area (Å²) >= 11 is 10.4. The molecule has 0 aliphatic carbocycles. The van der Waals surface area contributed by atoms with Gasteiger partial charge in [-0.1, -0.05) is 54.1 Å². The Morgan fingerprint density at radius 3 is 2.52 bits per heavy atom. The highest BCUT2D eigenvalue weighted by Gasteiger charge is 2.28. The topological polar surface area (TPSA) is 15.6 Å². The van der Waals surface area contributed by atoms with Crippen LogP contribution in [0.25, 0.3) is 10.8 Å². The minimum absolute atomic E-state index is 0.0873. The lowest BCUT2D eigenvalue weighted by Gasteiger charge is -2.29. The molecular weight excluding hydrogens is 396 g/mol. The molecule has 0 N–H and O–H groups in total. The Hall–Kier alpha value is -1.84. The zero-order valence-electron chi connectivity index (χ0n) is 14.1. The number of rotatable bonds is 1. The van der Waals surface area contributed by atoms with Crippen LogP contribution in [0, 0.1) is 0 Å². The highest BCUT2D eigenvalue weighted by Crippen LogP contribution is 2.42. The quantitative estimate of drug-likeness (QED) is 0.488. The summed E-state index contributed by atoms with van der Waals surface area (Å²) in [4.78, 5) is 7.13. The largest absolute Gasteiger partial charge is 0.366 e. The predicted molar refractivity (Wildman–Crippen MR) is 110 cm³/mol. The van der Waals surface area contributed by atoms with Gasteiger partial charge in [0.05, 0.1) is 0 Å².